The van der Waals surface area contributed by atoms with E-state index >= 15 is 0 Å². The molecule has 0 unspecified atom stereocenters. The third-order valence-electron chi connectivity index (χ3n) is 3.43. The summed E-state index contributed by atoms with van der Waals surface area (Å²) in [6.07, 6.45) is 3.45. The fourth-order valence-electron chi connectivity index (χ4n) is 1.58. The van der Waals surface area contributed by atoms with Gasteiger partial charge >= 0.3 is 0 Å². The maximum Gasteiger partial charge on any atom is 0.226 e. The van der Waals surface area contributed by atoms with Crippen molar-refractivity contribution in [2.75, 3.05) is 0 Å². The molecule has 0 spiro atoms. The van der Waals surface area contributed by atoms with E-state index in [0.717, 1.165) is 25.7 Å². The second kappa shape index (κ2) is 6.41. The van der Waals surface area contributed by atoms with Crippen LogP contribution < -0.4 is 5.32 Å². The predicted molar refractivity (Wildman–Crippen MR) is 79.5 cm³/mol. The largest absolute Gasteiger partial charge is 0.337 e. The van der Waals surface area contributed by atoms with Gasteiger partial charge in [-0.05, 0) is 31.1 Å². The second-order valence-electron chi connectivity index (χ2n) is 7.09. The quantitative estimate of drug-likeness (QED) is 0.835. The van der Waals surface area contributed by atoms with Crippen LogP contribution in [0.2, 0.25) is 0 Å². The predicted octanol–water partition coefficient (Wildman–Crippen LogP) is 4.04. The third kappa shape index (κ3) is 6.09. The number of carbonyl (C=O) groups is 1. The molecule has 1 aliphatic carbocycles. The van der Waals surface area contributed by atoms with Crippen molar-refractivity contribution in [3.8, 4) is 6.07 Å². The fourth-order valence-corrected chi connectivity index (χ4v) is 1.58. The van der Waals surface area contributed by atoms with Gasteiger partial charge in [0.1, 0.15) is 5.54 Å². The van der Waals surface area contributed by atoms with Crippen LogP contribution >= 0.6 is 0 Å². The standard InChI is InChI=1S/C14H24N2O.C2H6/c1-12(2,3)6-7-13(4,5)11(17)16-14(10-15)8-9-14;1-2/h6-9H2,1-5H3,(H,16,17);1-2H3. The van der Waals surface area contributed by atoms with Crippen LogP contribution in [0.25, 0.3) is 0 Å². The first-order chi connectivity index (χ1) is 8.60. The number of carbonyl (C=O) groups excluding carboxylic acids is 1. The molecule has 1 fully saturated rings. The average molecular weight is 266 g/mol. The van der Waals surface area contributed by atoms with Crippen LogP contribution in [0.1, 0.15) is 74.1 Å². The lowest BCUT2D eigenvalue weighted by Gasteiger charge is -2.28. The summed E-state index contributed by atoms with van der Waals surface area (Å²) in [6.45, 7) is 14.5. The third-order valence-corrected chi connectivity index (χ3v) is 3.43. The van der Waals surface area contributed by atoms with Crippen molar-refractivity contribution in [1.82, 2.24) is 5.32 Å². The number of nitrogens with one attached hydrogen (secondary N) is 1. The van der Waals surface area contributed by atoms with Crippen molar-refractivity contribution in [3.05, 3.63) is 0 Å². The molecule has 0 aromatic rings. The minimum absolute atomic E-state index is 0.0146. The van der Waals surface area contributed by atoms with Crippen molar-refractivity contribution < 1.29 is 4.79 Å². The summed E-state index contributed by atoms with van der Waals surface area (Å²) in [5.74, 6) is 0.0146. The average Bonchev–Trinajstić information content (AvgIpc) is 3.09. The van der Waals surface area contributed by atoms with Crippen LogP contribution in [-0.4, -0.2) is 11.4 Å². The lowest BCUT2D eigenvalue weighted by molar-refractivity contribution is -0.130. The van der Waals surface area contributed by atoms with Crippen molar-refractivity contribution in [2.24, 2.45) is 10.8 Å². The molecular formula is C16H30N2O. The molecule has 0 aliphatic heterocycles. The first kappa shape index (κ1) is 18.0. The molecule has 1 amide bonds. The van der Waals surface area contributed by atoms with Gasteiger partial charge in [0.25, 0.3) is 0 Å². The summed E-state index contributed by atoms with van der Waals surface area (Å²) in [7, 11) is 0. The van der Waals surface area contributed by atoms with Gasteiger partial charge in [0.15, 0.2) is 0 Å². The maximum atomic E-state index is 12.1. The fraction of sp³-hybridized carbons (Fsp3) is 0.875. The van der Waals surface area contributed by atoms with Crippen LogP contribution in [0.15, 0.2) is 0 Å². The van der Waals surface area contributed by atoms with E-state index in [2.05, 4.69) is 32.2 Å². The van der Waals surface area contributed by atoms with E-state index in [0.29, 0.717) is 0 Å². The molecule has 1 rings (SSSR count). The molecular weight excluding hydrogens is 236 g/mol. The van der Waals surface area contributed by atoms with Crippen LogP contribution in [0, 0.1) is 22.2 Å². The normalized spacial score (nSPS) is 16.7. The minimum Gasteiger partial charge on any atom is -0.337 e. The number of hydrogen-bond acceptors (Lipinski definition) is 2. The Hall–Kier alpha value is -1.04. The van der Waals surface area contributed by atoms with Crippen molar-refractivity contribution in [1.29, 1.82) is 5.26 Å². The second-order valence-corrected chi connectivity index (χ2v) is 7.09. The number of hydrogen-bond donors (Lipinski definition) is 1. The minimum atomic E-state index is -0.546. The van der Waals surface area contributed by atoms with Gasteiger partial charge in [0, 0.05) is 5.41 Å². The molecule has 3 nitrogen and oxygen atoms in total. The Morgan fingerprint density at radius 3 is 1.95 bits per heavy atom. The molecule has 1 saturated carbocycles. The molecule has 0 heterocycles. The highest BCUT2D eigenvalue weighted by molar-refractivity contribution is 5.83. The van der Waals surface area contributed by atoms with E-state index < -0.39 is 5.54 Å². The van der Waals surface area contributed by atoms with Gasteiger partial charge in [-0.15, -0.1) is 0 Å². The first-order valence-corrected chi connectivity index (χ1v) is 7.34. The first-order valence-electron chi connectivity index (χ1n) is 7.34. The van der Waals surface area contributed by atoms with E-state index in [-0.39, 0.29) is 16.7 Å². The molecule has 1 N–H and O–H groups in total. The van der Waals surface area contributed by atoms with Crippen molar-refractivity contribution in [2.45, 2.75) is 79.7 Å². The lowest BCUT2D eigenvalue weighted by Crippen LogP contribution is -2.44. The van der Waals surface area contributed by atoms with Gasteiger partial charge in [-0.2, -0.15) is 5.26 Å². The van der Waals surface area contributed by atoms with E-state index in [1.807, 2.05) is 27.7 Å². The number of nitriles is 1. The highest BCUT2D eigenvalue weighted by Gasteiger charge is 2.46. The van der Waals surface area contributed by atoms with Crippen molar-refractivity contribution in [3.63, 3.8) is 0 Å². The number of rotatable bonds is 4. The van der Waals surface area contributed by atoms with E-state index in [1.165, 1.54) is 0 Å². The van der Waals surface area contributed by atoms with E-state index in [9.17, 15) is 4.79 Å². The number of nitrogens with zero attached hydrogens (tertiary/aromatic N) is 1. The zero-order chi connectivity index (χ0) is 15.3. The zero-order valence-electron chi connectivity index (χ0n) is 13.7. The van der Waals surface area contributed by atoms with Crippen molar-refractivity contribution >= 4 is 5.91 Å². The molecule has 19 heavy (non-hydrogen) atoms. The smallest absolute Gasteiger partial charge is 0.226 e. The Balaban J connectivity index is 0.00000154. The number of amides is 1. The maximum absolute atomic E-state index is 12.1. The van der Waals surface area contributed by atoms with Gasteiger partial charge in [0.2, 0.25) is 5.91 Å². The monoisotopic (exact) mass is 266 g/mol. The van der Waals surface area contributed by atoms with Crippen LogP contribution in [-0.2, 0) is 4.79 Å². The molecule has 0 aromatic heterocycles. The summed E-state index contributed by atoms with van der Waals surface area (Å²) in [6, 6.07) is 2.20. The van der Waals surface area contributed by atoms with Gasteiger partial charge < -0.3 is 5.32 Å². The molecule has 3 heteroatoms. The molecule has 0 aromatic carbocycles. The Labute approximate surface area is 118 Å². The van der Waals surface area contributed by atoms with Gasteiger partial charge in [-0.1, -0.05) is 48.5 Å². The zero-order valence-corrected chi connectivity index (χ0v) is 13.7. The Morgan fingerprint density at radius 2 is 1.63 bits per heavy atom. The van der Waals surface area contributed by atoms with Crippen LogP contribution in [0.3, 0.4) is 0 Å². The van der Waals surface area contributed by atoms with E-state index in [1.54, 1.807) is 0 Å². The topological polar surface area (TPSA) is 52.9 Å². The van der Waals surface area contributed by atoms with Gasteiger partial charge in [0.05, 0.1) is 6.07 Å². The van der Waals surface area contributed by atoms with Gasteiger partial charge in [-0.3, -0.25) is 4.79 Å². The highest BCUT2D eigenvalue weighted by Crippen LogP contribution is 2.37. The SMILES string of the molecule is CC.CC(C)(C)CCC(C)(C)C(=O)NC1(C#N)CC1. The van der Waals surface area contributed by atoms with Crippen LogP contribution in [0.5, 0.6) is 0 Å². The molecule has 0 bridgehead atoms. The Bertz CT molecular complexity index is 341. The molecule has 110 valence electrons. The molecule has 1 aliphatic rings. The molecule has 0 radical (unpaired) electrons. The Kier molecular flexibility index (Phi) is 6.06. The Morgan fingerprint density at radius 1 is 1.16 bits per heavy atom. The molecule has 0 saturated heterocycles. The van der Waals surface area contributed by atoms with Gasteiger partial charge in [-0.25, -0.2) is 0 Å². The summed E-state index contributed by atoms with van der Waals surface area (Å²) in [4.78, 5) is 12.1. The van der Waals surface area contributed by atoms with E-state index in [4.69, 9.17) is 5.26 Å². The lowest BCUT2D eigenvalue weighted by atomic mass is 9.79. The highest BCUT2D eigenvalue weighted by atomic mass is 16.2. The summed E-state index contributed by atoms with van der Waals surface area (Å²) < 4.78 is 0. The summed E-state index contributed by atoms with van der Waals surface area (Å²) in [5, 5.41) is 11.9. The summed E-state index contributed by atoms with van der Waals surface area (Å²) in [5.41, 5.74) is -0.695. The summed E-state index contributed by atoms with van der Waals surface area (Å²) >= 11 is 0. The van der Waals surface area contributed by atoms with Crippen LogP contribution in [0.4, 0.5) is 0 Å². The molecule has 0 atom stereocenters.